The van der Waals surface area contributed by atoms with Gasteiger partial charge in [-0.05, 0) is 61.3 Å². The van der Waals surface area contributed by atoms with Gasteiger partial charge in [-0.3, -0.25) is 10.1 Å². The number of ether oxygens (including phenoxy) is 1. The molecule has 0 atom stereocenters. The SMILES string of the molecule is Cc1ccc(Oc2c([N+](=O)[O-])c(C)nn2C(C)C)c(Br)c1. The lowest BCUT2D eigenvalue weighted by Crippen LogP contribution is -2.05. The van der Waals surface area contributed by atoms with Gasteiger partial charge >= 0.3 is 5.69 Å². The van der Waals surface area contributed by atoms with E-state index in [1.807, 2.05) is 32.9 Å². The Labute approximate surface area is 131 Å². The Hall–Kier alpha value is -1.89. The molecule has 0 bridgehead atoms. The van der Waals surface area contributed by atoms with Crippen LogP contribution in [-0.4, -0.2) is 14.7 Å². The summed E-state index contributed by atoms with van der Waals surface area (Å²) in [6, 6.07) is 5.51. The smallest absolute Gasteiger partial charge is 0.353 e. The van der Waals surface area contributed by atoms with E-state index in [1.165, 1.54) is 4.68 Å². The van der Waals surface area contributed by atoms with Gasteiger partial charge in [-0.15, -0.1) is 0 Å². The number of benzene rings is 1. The van der Waals surface area contributed by atoms with Crippen LogP contribution in [0.1, 0.15) is 31.1 Å². The van der Waals surface area contributed by atoms with Crippen molar-refractivity contribution < 1.29 is 9.66 Å². The first-order valence-electron chi connectivity index (χ1n) is 6.48. The predicted octanol–water partition coefficient (Wildman–Crippen LogP) is 4.54. The Morgan fingerprint density at radius 3 is 2.57 bits per heavy atom. The maximum absolute atomic E-state index is 11.3. The second kappa shape index (κ2) is 5.85. The lowest BCUT2D eigenvalue weighted by molar-refractivity contribution is -0.386. The molecular formula is C14H16BrN3O3. The average Bonchev–Trinajstić information content (AvgIpc) is 2.70. The van der Waals surface area contributed by atoms with Crippen LogP contribution in [0.15, 0.2) is 22.7 Å². The van der Waals surface area contributed by atoms with Gasteiger partial charge in [0.15, 0.2) is 0 Å². The molecular weight excluding hydrogens is 338 g/mol. The summed E-state index contributed by atoms with van der Waals surface area (Å²) >= 11 is 3.41. The summed E-state index contributed by atoms with van der Waals surface area (Å²) in [5.74, 6) is 0.669. The molecule has 0 unspecified atom stereocenters. The largest absolute Gasteiger partial charge is 0.433 e. The summed E-state index contributed by atoms with van der Waals surface area (Å²) in [7, 11) is 0. The lowest BCUT2D eigenvalue weighted by Gasteiger charge is -2.12. The quantitative estimate of drug-likeness (QED) is 0.597. The molecule has 1 aromatic carbocycles. The molecule has 0 saturated heterocycles. The van der Waals surface area contributed by atoms with Gasteiger partial charge in [-0.25, -0.2) is 4.68 Å². The summed E-state index contributed by atoms with van der Waals surface area (Å²) in [6.45, 7) is 7.36. The lowest BCUT2D eigenvalue weighted by atomic mass is 10.2. The highest BCUT2D eigenvalue weighted by Gasteiger charge is 2.29. The molecule has 0 aliphatic heterocycles. The van der Waals surface area contributed by atoms with Gasteiger partial charge in [0, 0.05) is 0 Å². The van der Waals surface area contributed by atoms with E-state index in [4.69, 9.17) is 4.74 Å². The number of nitro groups is 1. The van der Waals surface area contributed by atoms with Gasteiger partial charge in [0.1, 0.15) is 11.4 Å². The summed E-state index contributed by atoms with van der Waals surface area (Å²) in [5.41, 5.74) is 1.31. The van der Waals surface area contributed by atoms with E-state index in [0.29, 0.717) is 11.4 Å². The van der Waals surface area contributed by atoms with Crippen molar-refractivity contribution in [3.8, 4) is 11.6 Å². The van der Waals surface area contributed by atoms with Crippen LogP contribution >= 0.6 is 15.9 Å². The second-order valence-corrected chi connectivity index (χ2v) is 5.92. The standard InChI is InChI=1S/C14H16BrN3O3/c1-8(2)17-14(13(18(19)20)10(4)16-17)21-12-6-5-9(3)7-11(12)15/h5-8H,1-4H3. The van der Waals surface area contributed by atoms with Gasteiger partial charge < -0.3 is 4.74 Å². The third-order valence-electron chi connectivity index (χ3n) is 2.98. The summed E-state index contributed by atoms with van der Waals surface area (Å²) in [4.78, 5) is 10.8. The molecule has 2 rings (SSSR count). The number of nitrogens with zero attached hydrogens (tertiary/aromatic N) is 3. The van der Waals surface area contributed by atoms with Gasteiger partial charge in [0.25, 0.3) is 5.88 Å². The number of halogens is 1. The molecule has 1 aromatic heterocycles. The maximum Gasteiger partial charge on any atom is 0.353 e. The molecule has 21 heavy (non-hydrogen) atoms. The van der Waals surface area contributed by atoms with Crippen molar-refractivity contribution >= 4 is 21.6 Å². The molecule has 0 radical (unpaired) electrons. The van der Waals surface area contributed by atoms with E-state index in [9.17, 15) is 10.1 Å². The topological polar surface area (TPSA) is 70.2 Å². The third-order valence-corrected chi connectivity index (χ3v) is 3.60. The maximum atomic E-state index is 11.3. The Balaban J connectivity index is 2.54. The first-order valence-corrected chi connectivity index (χ1v) is 7.28. The highest BCUT2D eigenvalue weighted by Crippen LogP contribution is 2.38. The minimum absolute atomic E-state index is 0.0448. The highest BCUT2D eigenvalue weighted by molar-refractivity contribution is 9.10. The Kier molecular flexibility index (Phi) is 4.32. The van der Waals surface area contributed by atoms with Gasteiger partial charge in [0.05, 0.1) is 15.4 Å². The van der Waals surface area contributed by atoms with E-state index in [0.717, 1.165) is 10.0 Å². The van der Waals surface area contributed by atoms with Crippen molar-refractivity contribution in [1.29, 1.82) is 0 Å². The molecule has 0 N–H and O–H groups in total. The van der Waals surface area contributed by atoms with Crippen LogP contribution in [0, 0.1) is 24.0 Å². The minimum Gasteiger partial charge on any atom is -0.433 e. The van der Waals surface area contributed by atoms with E-state index >= 15 is 0 Å². The van der Waals surface area contributed by atoms with E-state index in [2.05, 4.69) is 21.0 Å². The van der Waals surface area contributed by atoms with Crippen LogP contribution in [0.4, 0.5) is 5.69 Å². The van der Waals surface area contributed by atoms with E-state index in [1.54, 1.807) is 13.0 Å². The fourth-order valence-electron chi connectivity index (χ4n) is 1.97. The fourth-order valence-corrected chi connectivity index (χ4v) is 2.54. The Morgan fingerprint density at radius 1 is 1.38 bits per heavy atom. The number of aryl methyl sites for hydroxylation is 2. The first-order chi connectivity index (χ1) is 9.81. The van der Waals surface area contributed by atoms with Crippen molar-refractivity contribution in [3.05, 3.63) is 44.0 Å². The minimum atomic E-state index is -0.460. The van der Waals surface area contributed by atoms with Crippen LogP contribution in [0.2, 0.25) is 0 Å². The van der Waals surface area contributed by atoms with Crippen LogP contribution in [0.5, 0.6) is 11.6 Å². The molecule has 6 nitrogen and oxygen atoms in total. The highest BCUT2D eigenvalue weighted by atomic mass is 79.9. The molecule has 1 heterocycles. The molecule has 0 amide bonds. The fraction of sp³-hybridized carbons (Fsp3) is 0.357. The predicted molar refractivity (Wildman–Crippen MR) is 83.0 cm³/mol. The Morgan fingerprint density at radius 2 is 2.05 bits per heavy atom. The molecule has 0 fully saturated rings. The number of rotatable bonds is 4. The normalized spacial score (nSPS) is 11.0. The molecule has 7 heteroatoms. The van der Waals surface area contributed by atoms with Crippen LogP contribution in [0.3, 0.4) is 0 Å². The molecule has 0 saturated carbocycles. The monoisotopic (exact) mass is 353 g/mol. The number of hydrogen-bond donors (Lipinski definition) is 0. The van der Waals surface area contributed by atoms with E-state index < -0.39 is 4.92 Å². The molecule has 2 aromatic rings. The van der Waals surface area contributed by atoms with Crippen molar-refractivity contribution in [3.63, 3.8) is 0 Å². The molecule has 112 valence electrons. The molecule has 0 aliphatic rings. The van der Waals surface area contributed by atoms with Gasteiger partial charge in [-0.2, -0.15) is 5.10 Å². The number of aromatic nitrogens is 2. The Bertz CT molecular complexity index is 695. The number of hydrogen-bond acceptors (Lipinski definition) is 4. The average molecular weight is 354 g/mol. The zero-order chi connectivity index (χ0) is 15.7. The van der Waals surface area contributed by atoms with Gasteiger partial charge in [-0.1, -0.05) is 6.07 Å². The zero-order valence-corrected chi connectivity index (χ0v) is 13.8. The van der Waals surface area contributed by atoms with Crippen molar-refractivity contribution in [1.82, 2.24) is 9.78 Å². The van der Waals surface area contributed by atoms with Crippen molar-refractivity contribution in [2.24, 2.45) is 0 Å². The molecule has 0 aliphatic carbocycles. The molecule has 0 spiro atoms. The summed E-state index contributed by atoms with van der Waals surface area (Å²) in [6.07, 6.45) is 0. The van der Waals surface area contributed by atoms with Crippen LogP contribution < -0.4 is 4.74 Å². The summed E-state index contributed by atoms with van der Waals surface area (Å²) in [5, 5.41) is 15.5. The summed E-state index contributed by atoms with van der Waals surface area (Å²) < 4.78 is 8.05. The van der Waals surface area contributed by atoms with Crippen molar-refractivity contribution in [2.75, 3.05) is 0 Å². The zero-order valence-electron chi connectivity index (χ0n) is 12.3. The second-order valence-electron chi connectivity index (χ2n) is 5.07. The van der Waals surface area contributed by atoms with Crippen molar-refractivity contribution in [2.45, 2.75) is 33.7 Å². The van der Waals surface area contributed by atoms with E-state index in [-0.39, 0.29) is 17.6 Å². The first kappa shape index (κ1) is 15.5. The van der Waals surface area contributed by atoms with Crippen LogP contribution in [0.25, 0.3) is 0 Å². The van der Waals surface area contributed by atoms with Gasteiger partial charge in [0.2, 0.25) is 0 Å². The third kappa shape index (κ3) is 3.07. The van der Waals surface area contributed by atoms with Crippen LogP contribution in [-0.2, 0) is 0 Å².